The number of ether oxygens (including phenoxy) is 1. The first-order valence-electron chi connectivity index (χ1n) is 3.53. The standard InChI is InChI=1S/C8H7ClFNO3/c1-14-7-4(11)2-3(9)6(10)5(7)8(12)13/h2H,11H2,1H3,(H,12,13). The lowest BCUT2D eigenvalue weighted by molar-refractivity contribution is 0.0688. The van der Waals surface area contributed by atoms with Crippen molar-refractivity contribution in [2.75, 3.05) is 12.8 Å². The number of carbonyl (C=O) groups is 1. The summed E-state index contributed by atoms with van der Waals surface area (Å²) in [6.45, 7) is 0. The Balaban J connectivity index is 3.56. The minimum absolute atomic E-state index is 0.0173. The molecule has 0 atom stereocenters. The normalized spacial score (nSPS) is 9.93. The molecule has 0 heterocycles. The number of halogens is 2. The molecule has 0 aliphatic rings. The van der Waals surface area contributed by atoms with Gasteiger partial charge in [-0.3, -0.25) is 0 Å². The molecule has 0 saturated heterocycles. The second kappa shape index (κ2) is 3.71. The van der Waals surface area contributed by atoms with Crippen molar-refractivity contribution < 1.29 is 19.0 Å². The van der Waals surface area contributed by atoms with Gasteiger partial charge in [0.05, 0.1) is 17.8 Å². The smallest absolute Gasteiger partial charge is 0.342 e. The van der Waals surface area contributed by atoms with Crippen molar-refractivity contribution in [3.63, 3.8) is 0 Å². The first-order chi connectivity index (χ1) is 6.49. The minimum Gasteiger partial charge on any atom is -0.494 e. The topological polar surface area (TPSA) is 72.5 Å². The molecule has 3 N–H and O–H groups in total. The minimum atomic E-state index is -1.48. The quantitative estimate of drug-likeness (QED) is 0.744. The molecule has 0 bridgehead atoms. The van der Waals surface area contributed by atoms with Gasteiger partial charge in [-0.05, 0) is 6.07 Å². The Hall–Kier alpha value is -1.49. The molecule has 6 heteroatoms. The number of aromatic carboxylic acids is 1. The van der Waals surface area contributed by atoms with Crippen molar-refractivity contribution in [1.29, 1.82) is 0 Å². The molecule has 0 unspecified atom stereocenters. The fourth-order valence-corrected chi connectivity index (χ4v) is 1.25. The van der Waals surface area contributed by atoms with E-state index >= 15 is 0 Å². The number of carboxylic acid groups (broad SMARTS) is 1. The van der Waals surface area contributed by atoms with Crippen molar-refractivity contribution >= 4 is 23.3 Å². The molecular weight excluding hydrogens is 213 g/mol. The van der Waals surface area contributed by atoms with Crippen LogP contribution in [0.5, 0.6) is 5.75 Å². The van der Waals surface area contributed by atoms with Crippen LogP contribution in [0.25, 0.3) is 0 Å². The maximum absolute atomic E-state index is 13.2. The van der Waals surface area contributed by atoms with Gasteiger partial charge < -0.3 is 15.6 Å². The maximum atomic E-state index is 13.2. The Kier molecular flexibility index (Phi) is 2.81. The van der Waals surface area contributed by atoms with Crippen LogP contribution in [0.2, 0.25) is 5.02 Å². The number of rotatable bonds is 2. The van der Waals surface area contributed by atoms with Crippen LogP contribution in [0.4, 0.5) is 10.1 Å². The van der Waals surface area contributed by atoms with Gasteiger partial charge in [-0.25, -0.2) is 9.18 Å². The van der Waals surface area contributed by atoms with Crippen molar-refractivity contribution in [3.8, 4) is 5.75 Å². The molecule has 0 aliphatic heterocycles. The van der Waals surface area contributed by atoms with E-state index in [2.05, 4.69) is 4.74 Å². The van der Waals surface area contributed by atoms with Gasteiger partial charge in [0.25, 0.3) is 0 Å². The number of hydrogen-bond acceptors (Lipinski definition) is 3. The summed E-state index contributed by atoms with van der Waals surface area (Å²) in [6.07, 6.45) is 0. The summed E-state index contributed by atoms with van der Waals surface area (Å²) in [4.78, 5) is 10.7. The van der Waals surface area contributed by atoms with E-state index in [4.69, 9.17) is 22.4 Å². The predicted molar refractivity (Wildman–Crippen MR) is 49.3 cm³/mol. The van der Waals surface area contributed by atoms with Gasteiger partial charge in [-0.1, -0.05) is 11.6 Å². The lowest BCUT2D eigenvalue weighted by Crippen LogP contribution is -2.07. The molecule has 1 rings (SSSR count). The number of carboxylic acids is 1. The van der Waals surface area contributed by atoms with Gasteiger partial charge in [0.1, 0.15) is 5.56 Å². The second-order valence-electron chi connectivity index (χ2n) is 2.48. The summed E-state index contributed by atoms with van der Waals surface area (Å²) < 4.78 is 17.9. The highest BCUT2D eigenvalue weighted by molar-refractivity contribution is 6.31. The SMILES string of the molecule is COc1c(N)cc(Cl)c(F)c1C(=O)O. The van der Waals surface area contributed by atoms with Crippen LogP contribution in [0.1, 0.15) is 10.4 Å². The zero-order valence-corrected chi connectivity index (χ0v) is 7.93. The van der Waals surface area contributed by atoms with E-state index in [9.17, 15) is 9.18 Å². The van der Waals surface area contributed by atoms with E-state index in [1.165, 1.54) is 7.11 Å². The maximum Gasteiger partial charge on any atom is 0.342 e. The molecule has 0 radical (unpaired) electrons. The van der Waals surface area contributed by atoms with Gasteiger partial charge in [-0.15, -0.1) is 0 Å². The van der Waals surface area contributed by atoms with E-state index in [0.29, 0.717) is 0 Å². The van der Waals surface area contributed by atoms with E-state index in [0.717, 1.165) is 6.07 Å². The average molecular weight is 220 g/mol. The Morgan fingerprint density at radius 1 is 1.71 bits per heavy atom. The van der Waals surface area contributed by atoms with Crippen LogP contribution >= 0.6 is 11.6 Å². The number of nitrogens with two attached hydrogens (primary N) is 1. The van der Waals surface area contributed by atoms with Crippen LogP contribution in [-0.2, 0) is 0 Å². The molecule has 0 aliphatic carbocycles. The van der Waals surface area contributed by atoms with E-state index in [1.54, 1.807) is 0 Å². The number of nitrogen functional groups attached to an aromatic ring is 1. The largest absolute Gasteiger partial charge is 0.494 e. The van der Waals surface area contributed by atoms with Crippen molar-refractivity contribution in [2.45, 2.75) is 0 Å². The Bertz CT molecular complexity index is 395. The molecule has 14 heavy (non-hydrogen) atoms. The zero-order valence-electron chi connectivity index (χ0n) is 7.17. The number of methoxy groups -OCH3 is 1. The Morgan fingerprint density at radius 3 is 2.71 bits per heavy atom. The Labute approximate surface area is 84.0 Å². The van der Waals surface area contributed by atoms with Gasteiger partial charge in [-0.2, -0.15) is 0 Å². The van der Waals surface area contributed by atoms with E-state index in [1.807, 2.05) is 0 Å². The summed E-state index contributed by atoms with van der Waals surface area (Å²) >= 11 is 5.42. The lowest BCUT2D eigenvalue weighted by Gasteiger charge is -2.09. The molecule has 0 amide bonds. The summed E-state index contributed by atoms with van der Waals surface area (Å²) in [5, 5.41) is 8.35. The van der Waals surface area contributed by atoms with Gasteiger partial charge >= 0.3 is 5.97 Å². The highest BCUT2D eigenvalue weighted by Crippen LogP contribution is 2.33. The molecule has 76 valence electrons. The third kappa shape index (κ3) is 1.58. The molecule has 4 nitrogen and oxygen atoms in total. The molecular formula is C8H7ClFNO3. The van der Waals surface area contributed by atoms with Crippen LogP contribution in [0.15, 0.2) is 6.07 Å². The first kappa shape index (κ1) is 10.6. The van der Waals surface area contributed by atoms with Crippen LogP contribution in [-0.4, -0.2) is 18.2 Å². The highest BCUT2D eigenvalue weighted by atomic mass is 35.5. The number of benzene rings is 1. The predicted octanol–water partition coefficient (Wildman–Crippen LogP) is 1.77. The van der Waals surface area contributed by atoms with Crippen LogP contribution in [0, 0.1) is 5.82 Å². The summed E-state index contributed by atoms with van der Waals surface area (Å²) in [5.74, 6) is -2.75. The van der Waals surface area contributed by atoms with Gasteiger partial charge in [0.15, 0.2) is 11.6 Å². The lowest BCUT2D eigenvalue weighted by atomic mass is 10.1. The summed E-state index contributed by atoms with van der Waals surface area (Å²) in [5.41, 5.74) is 4.73. The molecule has 0 saturated carbocycles. The summed E-state index contributed by atoms with van der Waals surface area (Å²) in [7, 11) is 1.20. The molecule has 0 aromatic heterocycles. The summed E-state index contributed by atoms with van der Waals surface area (Å²) in [6, 6.07) is 1.10. The monoisotopic (exact) mass is 219 g/mol. The number of anilines is 1. The zero-order chi connectivity index (χ0) is 10.9. The fraction of sp³-hybridized carbons (Fsp3) is 0.125. The highest BCUT2D eigenvalue weighted by Gasteiger charge is 2.22. The van der Waals surface area contributed by atoms with Crippen LogP contribution in [0.3, 0.4) is 0 Å². The van der Waals surface area contributed by atoms with Crippen molar-refractivity contribution in [1.82, 2.24) is 0 Å². The van der Waals surface area contributed by atoms with Crippen molar-refractivity contribution in [3.05, 3.63) is 22.5 Å². The average Bonchev–Trinajstić information content (AvgIpc) is 2.10. The fourth-order valence-electron chi connectivity index (χ4n) is 1.04. The Morgan fingerprint density at radius 2 is 2.29 bits per heavy atom. The van der Waals surface area contributed by atoms with Crippen LogP contribution < -0.4 is 10.5 Å². The van der Waals surface area contributed by atoms with E-state index in [-0.39, 0.29) is 16.5 Å². The third-order valence-electron chi connectivity index (χ3n) is 1.62. The van der Waals surface area contributed by atoms with E-state index < -0.39 is 17.3 Å². The first-order valence-corrected chi connectivity index (χ1v) is 3.91. The second-order valence-corrected chi connectivity index (χ2v) is 2.88. The van der Waals surface area contributed by atoms with Crippen molar-refractivity contribution in [2.24, 2.45) is 0 Å². The number of hydrogen-bond donors (Lipinski definition) is 2. The molecule has 0 fully saturated rings. The van der Waals surface area contributed by atoms with Gasteiger partial charge in [0.2, 0.25) is 0 Å². The van der Waals surface area contributed by atoms with Gasteiger partial charge in [0, 0.05) is 0 Å². The third-order valence-corrected chi connectivity index (χ3v) is 1.89. The molecule has 1 aromatic carbocycles. The molecule has 1 aromatic rings. The molecule has 0 spiro atoms.